The highest BCUT2D eigenvalue weighted by Gasteiger charge is 2.29. The normalized spacial score (nSPS) is 11.3. The van der Waals surface area contributed by atoms with Crippen LogP contribution >= 0.6 is 11.6 Å². The Morgan fingerprint density at radius 1 is 1.04 bits per heavy atom. The molecular weight excluding hydrogens is 312 g/mol. The molecule has 0 aliphatic rings. The molecule has 0 saturated carbocycles. The van der Waals surface area contributed by atoms with Crippen molar-refractivity contribution in [1.29, 1.82) is 0 Å². The van der Waals surface area contributed by atoms with Crippen molar-refractivity contribution < 1.29 is 14.7 Å². The van der Waals surface area contributed by atoms with E-state index in [0.29, 0.717) is 5.02 Å². The van der Waals surface area contributed by atoms with Gasteiger partial charge in [-0.05, 0) is 42.7 Å². The van der Waals surface area contributed by atoms with Gasteiger partial charge in [0.15, 0.2) is 0 Å². The number of carboxylic acid groups (broad SMARTS) is 1. The fourth-order valence-electron chi connectivity index (χ4n) is 2.36. The summed E-state index contributed by atoms with van der Waals surface area (Å²) in [5.41, 5.74) is 1.87. The Hall–Kier alpha value is -2.13. The van der Waals surface area contributed by atoms with Gasteiger partial charge in [-0.3, -0.25) is 9.59 Å². The fraction of sp³-hybridized carbons (Fsp3) is 0.263. The van der Waals surface area contributed by atoms with Crippen molar-refractivity contribution in [3.05, 3.63) is 59.1 Å². The van der Waals surface area contributed by atoms with Gasteiger partial charge in [0.05, 0.1) is 5.41 Å². The second-order valence-electron chi connectivity index (χ2n) is 6.29. The van der Waals surface area contributed by atoms with Crippen LogP contribution in [0.25, 0.3) is 11.1 Å². The Morgan fingerprint density at radius 2 is 1.70 bits per heavy atom. The number of carbonyl (C=O) groups excluding carboxylic acids is 1. The maximum atomic E-state index is 12.1. The number of carbonyl (C=O) groups is 2. The number of halogens is 1. The average molecular weight is 331 g/mol. The highest BCUT2D eigenvalue weighted by atomic mass is 35.5. The van der Waals surface area contributed by atoms with Crippen LogP contribution in [0.3, 0.4) is 0 Å². The van der Waals surface area contributed by atoms with Crippen LogP contribution < -0.4 is 0 Å². The average Bonchev–Trinajstić information content (AvgIpc) is 2.47. The summed E-state index contributed by atoms with van der Waals surface area (Å²) in [6.45, 7) is 3.13. The number of aliphatic carboxylic acids is 1. The molecule has 0 aliphatic heterocycles. The summed E-state index contributed by atoms with van der Waals surface area (Å²) in [5, 5.41) is 9.79. The first kappa shape index (κ1) is 17.2. The van der Waals surface area contributed by atoms with Crippen LogP contribution in [0.4, 0.5) is 0 Å². The van der Waals surface area contributed by atoms with Crippen LogP contribution in [0.5, 0.6) is 0 Å². The molecule has 0 atom stereocenters. The molecule has 0 unspecified atom stereocenters. The fourth-order valence-corrected chi connectivity index (χ4v) is 2.49. The van der Waals surface area contributed by atoms with Crippen LogP contribution in [-0.4, -0.2) is 16.9 Å². The highest BCUT2D eigenvalue weighted by molar-refractivity contribution is 6.30. The van der Waals surface area contributed by atoms with Crippen molar-refractivity contribution in [3.8, 4) is 11.1 Å². The van der Waals surface area contributed by atoms with E-state index in [1.807, 2.05) is 48.5 Å². The smallest absolute Gasteiger partial charge is 0.309 e. The Labute approximate surface area is 140 Å². The molecule has 1 N–H and O–H groups in total. The lowest BCUT2D eigenvalue weighted by molar-refractivity contribution is -0.149. The zero-order valence-corrected chi connectivity index (χ0v) is 13.9. The molecule has 2 rings (SSSR count). The van der Waals surface area contributed by atoms with Crippen molar-refractivity contribution in [1.82, 2.24) is 0 Å². The van der Waals surface area contributed by atoms with E-state index in [-0.39, 0.29) is 18.6 Å². The topological polar surface area (TPSA) is 54.4 Å². The molecule has 0 heterocycles. The van der Waals surface area contributed by atoms with Gasteiger partial charge in [0, 0.05) is 17.9 Å². The van der Waals surface area contributed by atoms with E-state index >= 15 is 0 Å². The summed E-state index contributed by atoms with van der Waals surface area (Å²) < 4.78 is 0. The molecule has 0 fully saturated rings. The minimum Gasteiger partial charge on any atom is -0.481 e. The molecule has 2 aromatic carbocycles. The van der Waals surface area contributed by atoms with E-state index in [9.17, 15) is 9.59 Å². The number of rotatable bonds is 6. The third-order valence-electron chi connectivity index (χ3n) is 3.72. The molecular formula is C19H19ClO3. The van der Waals surface area contributed by atoms with Crippen molar-refractivity contribution in [2.75, 3.05) is 0 Å². The van der Waals surface area contributed by atoms with Gasteiger partial charge in [0.25, 0.3) is 0 Å². The molecule has 0 aliphatic carbocycles. The maximum Gasteiger partial charge on any atom is 0.309 e. The van der Waals surface area contributed by atoms with Crippen LogP contribution in [0.2, 0.25) is 5.02 Å². The molecule has 0 aromatic heterocycles. The zero-order chi connectivity index (χ0) is 17.0. The van der Waals surface area contributed by atoms with Crippen LogP contribution in [0.1, 0.15) is 25.8 Å². The summed E-state index contributed by atoms with van der Waals surface area (Å²) in [6, 6.07) is 15.2. The lowest BCUT2D eigenvalue weighted by Crippen LogP contribution is -2.27. The molecule has 4 heteroatoms. The van der Waals surface area contributed by atoms with E-state index in [2.05, 4.69) is 0 Å². The lowest BCUT2D eigenvalue weighted by Gasteiger charge is -2.17. The van der Waals surface area contributed by atoms with Crippen LogP contribution in [0.15, 0.2) is 48.5 Å². The SMILES string of the molecule is CC(C)(CC(=O)Cc1cccc(-c2ccc(Cl)cc2)c1)C(=O)O. The highest BCUT2D eigenvalue weighted by Crippen LogP contribution is 2.25. The second-order valence-corrected chi connectivity index (χ2v) is 6.72. The Bertz CT molecular complexity index is 718. The third-order valence-corrected chi connectivity index (χ3v) is 3.98. The van der Waals surface area contributed by atoms with Crippen molar-refractivity contribution >= 4 is 23.4 Å². The quantitative estimate of drug-likeness (QED) is 0.840. The van der Waals surface area contributed by atoms with Gasteiger partial charge in [0.1, 0.15) is 5.78 Å². The predicted octanol–water partition coefficient (Wildman–Crippen LogP) is 4.62. The molecule has 3 nitrogen and oxygen atoms in total. The number of ketones is 1. The number of carboxylic acids is 1. The van der Waals surface area contributed by atoms with Gasteiger partial charge >= 0.3 is 5.97 Å². The monoisotopic (exact) mass is 330 g/mol. The second kappa shape index (κ2) is 6.97. The Balaban J connectivity index is 2.13. The first-order valence-corrected chi connectivity index (χ1v) is 7.76. The summed E-state index contributed by atoms with van der Waals surface area (Å²) in [6.07, 6.45) is 0.256. The molecule has 0 bridgehead atoms. The van der Waals surface area contributed by atoms with Gasteiger partial charge in [-0.15, -0.1) is 0 Å². The largest absolute Gasteiger partial charge is 0.481 e. The first-order chi connectivity index (χ1) is 10.8. The van der Waals surface area contributed by atoms with E-state index < -0.39 is 11.4 Å². The zero-order valence-electron chi connectivity index (χ0n) is 13.2. The third kappa shape index (κ3) is 4.67. The summed E-state index contributed by atoms with van der Waals surface area (Å²) in [4.78, 5) is 23.3. The molecule has 0 amide bonds. The van der Waals surface area contributed by atoms with E-state index in [0.717, 1.165) is 16.7 Å². The summed E-state index contributed by atoms with van der Waals surface area (Å²) in [7, 11) is 0. The molecule has 2 aromatic rings. The van der Waals surface area contributed by atoms with Crippen molar-refractivity contribution in [2.45, 2.75) is 26.7 Å². The van der Waals surface area contributed by atoms with Crippen molar-refractivity contribution in [3.63, 3.8) is 0 Å². The summed E-state index contributed by atoms with van der Waals surface area (Å²) >= 11 is 5.89. The number of benzene rings is 2. The first-order valence-electron chi connectivity index (χ1n) is 7.38. The number of Topliss-reactive ketones (excluding diaryl/α,β-unsaturated/α-hetero) is 1. The lowest BCUT2D eigenvalue weighted by atomic mass is 9.86. The predicted molar refractivity (Wildman–Crippen MR) is 91.6 cm³/mol. The van der Waals surface area contributed by atoms with Gasteiger partial charge in [-0.25, -0.2) is 0 Å². The van der Waals surface area contributed by atoms with Crippen LogP contribution in [0, 0.1) is 5.41 Å². The van der Waals surface area contributed by atoms with Gasteiger partial charge in [0.2, 0.25) is 0 Å². The standard InChI is InChI=1S/C19H19ClO3/c1-19(2,18(22)23)12-17(21)11-13-4-3-5-15(10-13)14-6-8-16(20)9-7-14/h3-10H,11-12H2,1-2H3,(H,22,23). The van der Waals surface area contributed by atoms with Gasteiger partial charge in [-0.1, -0.05) is 48.0 Å². The van der Waals surface area contributed by atoms with Gasteiger partial charge in [-0.2, -0.15) is 0 Å². The number of hydrogen-bond acceptors (Lipinski definition) is 2. The molecule has 0 spiro atoms. The minimum absolute atomic E-state index is 0.0213. The van der Waals surface area contributed by atoms with Crippen LogP contribution in [-0.2, 0) is 16.0 Å². The molecule has 0 radical (unpaired) electrons. The summed E-state index contributed by atoms with van der Waals surface area (Å²) in [5.74, 6) is -1.04. The van der Waals surface area contributed by atoms with Gasteiger partial charge < -0.3 is 5.11 Å². The van der Waals surface area contributed by atoms with E-state index in [1.54, 1.807) is 13.8 Å². The van der Waals surface area contributed by atoms with E-state index in [1.165, 1.54) is 0 Å². The minimum atomic E-state index is -1.04. The molecule has 23 heavy (non-hydrogen) atoms. The Kier molecular flexibility index (Phi) is 5.22. The van der Waals surface area contributed by atoms with E-state index in [4.69, 9.17) is 16.7 Å². The maximum absolute atomic E-state index is 12.1. The molecule has 0 saturated heterocycles. The Morgan fingerprint density at radius 3 is 2.30 bits per heavy atom. The molecule has 120 valence electrons. The number of hydrogen-bond donors (Lipinski definition) is 1. The van der Waals surface area contributed by atoms with Crippen molar-refractivity contribution in [2.24, 2.45) is 5.41 Å².